The molecule has 0 N–H and O–H groups in total. The number of hydrogen-bond acceptors (Lipinski definition) is 0. The fourth-order valence-corrected chi connectivity index (χ4v) is 11.0. The highest BCUT2D eigenvalue weighted by Crippen LogP contribution is 2.51. The van der Waals surface area contributed by atoms with Gasteiger partial charge in [-0.05, 0) is 158 Å². The number of rotatable bonds is 4. The second-order valence-corrected chi connectivity index (χ2v) is 18.1. The second-order valence-electron chi connectivity index (χ2n) is 18.1. The molecule has 0 heterocycles. The highest BCUT2D eigenvalue weighted by molar-refractivity contribution is 6.25. The van der Waals surface area contributed by atoms with Gasteiger partial charge in [0.1, 0.15) is 0 Å². The fraction of sp³-hybridized carbons (Fsp3) is 0.100. The van der Waals surface area contributed by atoms with Gasteiger partial charge in [0, 0.05) is 10.8 Å². The Kier molecular flexibility index (Phi) is 7.42. The third kappa shape index (κ3) is 5.04. The summed E-state index contributed by atoms with van der Waals surface area (Å²) in [7, 11) is 0. The van der Waals surface area contributed by atoms with E-state index in [1.165, 1.54) is 121 Å². The van der Waals surface area contributed by atoms with E-state index < -0.39 is 0 Å². The summed E-state index contributed by atoms with van der Waals surface area (Å²) in [5.41, 5.74) is 20.9. The van der Waals surface area contributed by atoms with Crippen LogP contribution < -0.4 is 0 Å². The molecule has 284 valence electrons. The highest BCUT2D eigenvalue weighted by Gasteiger charge is 2.36. The first kappa shape index (κ1) is 35.0. The summed E-state index contributed by atoms with van der Waals surface area (Å²) in [6.45, 7) is 9.45. The van der Waals surface area contributed by atoms with Crippen molar-refractivity contribution in [2.45, 2.75) is 38.5 Å². The zero-order valence-electron chi connectivity index (χ0n) is 34.5. The molecule has 0 nitrogen and oxygen atoms in total. The molecule has 0 fully saturated rings. The van der Waals surface area contributed by atoms with Crippen LogP contribution >= 0.6 is 0 Å². The van der Waals surface area contributed by atoms with Crippen molar-refractivity contribution in [2.75, 3.05) is 0 Å². The molecule has 12 rings (SSSR count). The first-order chi connectivity index (χ1) is 29.3. The quantitative estimate of drug-likeness (QED) is 0.157. The van der Waals surface area contributed by atoms with E-state index in [-0.39, 0.29) is 10.8 Å². The lowest BCUT2D eigenvalue weighted by Crippen LogP contribution is -2.14. The summed E-state index contributed by atoms with van der Waals surface area (Å²) in [6, 6.07) is 73.1. The largest absolute Gasteiger partial charge is 0.0619 e. The summed E-state index contributed by atoms with van der Waals surface area (Å²) in [4.78, 5) is 0. The maximum Gasteiger partial charge on any atom is 0.0159 e. The first-order valence-electron chi connectivity index (χ1n) is 21.3. The van der Waals surface area contributed by atoms with Crippen LogP contribution in [0.1, 0.15) is 49.9 Å². The van der Waals surface area contributed by atoms with E-state index in [2.05, 4.69) is 222 Å². The van der Waals surface area contributed by atoms with Crippen LogP contribution in [0.15, 0.2) is 194 Å². The molecule has 0 spiro atoms. The monoisotopic (exact) mass is 764 g/mol. The lowest BCUT2D eigenvalue weighted by molar-refractivity contribution is 0.660. The smallest absolute Gasteiger partial charge is 0.0159 e. The van der Waals surface area contributed by atoms with Gasteiger partial charge in [0.15, 0.2) is 0 Å². The third-order valence-electron chi connectivity index (χ3n) is 14.0. The molecule has 0 saturated heterocycles. The van der Waals surface area contributed by atoms with Crippen LogP contribution in [-0.2, 0) is 10.8 Å². The average Bonchev–Trinajstić information content (AvgIpc) is 3.67. The molecule has 10 aromatic carbocycles. The molecule has 0 aromatic heterocycles. The van der Waals surface area contributed by atoms with Crippen molar-refractivity contribution in [2.24, 2.45) is 0 Å². The van der Waals surface area contributed by atoms with Crippen molar-refractivity contribution in [3.63, 3.8) is 0 Å². The lowest BCUT2D eigenvalue weighted by Gasteiger charge is -2.22. The Labute approximate surface area is 352 Å². The van der Waals surface area contributed by atoms with Gasteiger partial charge < -0.3 is 0 Å². The second kappa shape index (κ2) is 12.7. The van der Waals surface area contributed by atoms with Gasteiger partial charge in [-0.1, -0.05) is 185 Å². The molecule has 0 bridgehead atoms. The molecule has 10 aromatic rings. The number of fused-ring (bicyclic) bond motifs is 11. The van der Waals surface area contributed by atoms with Gasteiger partial charge in [-0.25, -0.2) is 0 Å². The van der Waals surface area contributed by atoms with Crippen molar-refractivity contribution in [3.8, 4) is 66.8 Å². The molecule has 0 aliphatic heterocycles. The van der Waals surface area contributed by atoms with Gasteiger partial charge in [-0.2, -0.15) is 0 Å². The normalized spacial score (nSPS) is 14.3. The average molecular weight is 765 g/mol. The Morgan fingerprint density at radius 1 is 0.250 bits per heavy atom. The molecule has 60 heavy (non-hydrogen) atoms. The Morgan fingerprint density at radius 3 is 1.08 bits per heavy atom. The van der Waals surface area contributed by atoms with Gasteiger partial charge in [-0.15, -0.1) is 0 Å². The molecule has 0 heteroatoms. The third-order valence-corrected chi connectivity index (χ3v) is 14.0. The summed E-state index contributed by atoms with van der Waals surface area (Å²) < 4.78 is 0. The Hall–Kier alpha value is -7.02. The van der Waals surface area contributed by atoms with Crippen molar-refractivity contribution >= 4 is 32.3 Å². The minimum Gasteiger partial charge on any atom is -0.0619 e. The van der Waals surface area contributed by atoms with Crippen LogP contribution in [0.3, 0.4) is 0 Å². The molecular weight excluding hydrogens is 721 g/mol. The first-order valence-corrected chi connectivity index (χ1v) is 21.3. The molecule has 0 amide bonds. The topological polar surface area (TPSA) is 0 Å². The van der Waals surface area contributed by atoms with Crippen LogP contribution in [0.2, 0.25) is 0 Å². The molecule has 2 aliphatic rings. The predicted molar refractivity (Wildman–Crippen MR) is 256 cm³/mol. The maximum absolute atomic E-state index is 2.44. The molecule has 2 aliphatic carbocycles. The predicted octanol–water partition coefficient (Wildman–Crippen LogP) is 16.4. The van der Waals surface area contributed by atoms with Crippen LogP contribution in [-0.4, -0.2) is 0 Å². The van der Waals surface area contributed by atoms with E-state index in [1.807, 2.05) is 0 Å². The van der Waals surface area contributed by atoms with E-state index in [0.717, 1.165) is 0 Å². The number of hydrogen-bond donors (Lipinski definition) is 0. The lowest BCUT2D eigenvalue weighted by atomic mass is 9.81. The molecule has 0 saturated carbocycles. The summed E-state index contributed by atoms with van der Waals surface area (Å²) in [5, 5.41) is 7.67. The van der Waals surface area contributed by atoms with Crippen LogP contribution in [0.5, 0.6) is 0 Å². The highest BCUT2D eigenvalue weighted by atomic mass is 14.4. The van der Waals surface area contributed by atoms with E-state index in [4.69, 9.17) is 0 Å². The van der Waals surface area contributed by atoms with E-state index in [1.54, 1.807) is 0 Å². The van der Waals surface area contributed by atoms with Gasteiger partial charge in [0.05, 0.1) is 0 Å². The van der Waals surface area contributed by atoms with Gasteiger partial charge in [0.2, 0.25) is 0 Å². The van der Waals surface area contributed by atoms with Crippen molar-refractivity contribution in [1.82, 2.24) is 0 Å². The summed E-state index contributed by atoms with van der Waals surface area (Å²) >= 11 is 0. The van der Waals surface area contributed by atoms with Crippen molar-refractivity contribution < 1.29 is 0 Å². The number of benzene rings is 10. The maximum atomic E-state index is 2.44. The zero-order valence-corrected chi connectivity index (χ0v) is 34.5. The Morgan fingerprint density at radius 2 is 0.617 bits per heavy atom. The van der Waals surface area contributed by atoms with Crippen LogP contribution in [0.25, 0.3) is 99.1 Å². The van der Waals surface area contributed by atoms with Gasteiger partial charge >= 0.3 is 0 Å². The van der Waals surface area contributed by atoms with Crippen molar-refractivity contribution in [1.29, 1.82) is 0 Å². The zero-order chi connectivity index (χ0) is 40.3. The molecular formula is C60H44. The van der Waals surface area contributed by atoms with Crippen LogP contribution in [0, 0.1) is 0 Å². The minimum absolute atomic E-state index is 0.0429. The molecule has 0 atom stereocenters. The molecule has 0 radical (unpaired) electrons. The van der Waals surface area contributed by atoms with Crippen LogP contribution in [0.4, 0.5) is 0 Å². The standard InChI is InChI=1S/C60H44/c1-59(2)54-25-11-9-21-46(54)48-29-27-39(35-56(48)59)37-15-13-17-41(31-37)52-33-43-34-53(45-20-6-8-24-51(45)58(43)50-23-7-5-19-44(50)52)42-18-14-16-38(32-42)40-28-30-49-47-22-10-12-26-55(47)60(3,4)57(49)36-40/h5-36H,1-4H3. The fourth-order valence-electron chi connectivity index (χ4n) is 11.0. The van der Waals surface area contributed by atoms with E-state index >= 15 is 0 Å². The molecule has 0 unspecified atom stereocenters. The van der Waals surface area contributed by atoms with Gasteiger partial charge in [-0.3, -0.25) is 0 Å². The van der Waals surface area contributed by atoms with E-state index in [9.17, 15) is 0 Å². The summed E-state index contributed by atoms with van der Waals surface area (Å²) in [5.74, 6) is 0. The Bertz CT molecular complexity index is 3200. The van der Waals surface area contributed by atoms with Gasteiger partial charge in [0.25, 0.3) is 0 Å². The van der Waals surface area contributed by atoms with E-state index in [0.29, 0.717) is 0 Å². The Balaban J connectivity index is 0.998. The SMILES string of the molecule is CC1(C)c2ccccc2-c2ccc(-c3cccc(-c4cc5cc(-c6cccc(-c7ccc8c(c7)C(C)(C)c7ccccc7-8)c6)c6ccccc6c5c5ccccc45)c3)cc21. The van der Waals surface area contributed by atoms with Crippen molar-refractivity contribution in [3.05, 3.63) is 216 Å². The summed E-state index contributed by atoms with van der Waals surface area (Å²) in [6.07, 6.45) is 0. The minimum atomic E-state index is -0.0429.